The molecule has 0 radical (unpaired) electrons. The molecule has 0 saturated heterocycles. The van der Waals surface area contributed by atoms with E-state index < -0.39 is 0 Å². The van der Waals surface area contributed by atoms with Gasteiger partial charge in [-0.2, -0.15) is 4.98 Å². The number of halogens is 2. The normalized spacial score (nSPS) is 10.8. The van der Waals surface area contributed by atoms with E-state index in [9.17, 15) is 4.39 Å². The Labute approximate surface area is 128 Å². The summed E-state index contributed by atoms with van der Waals surface area (Å²) < 4.78 is 18.8. The molecule has 6 heteroatoms. The Hall–Kier alpha value is -2.05. The first-order valence-electron chi connectivity index (χ1n) is 6.26. The Morgan fingerprint density at radius 3 is 2.48 bits per heavy atom. The van der Waals surface area contributed by atoms with Gasteiger partial charge in [-0.1, -0.05) is 17.3 Å². The second-order valence-electron chi connectivity index (χ2n) is 4.45. The maximum absolute atomic E-state index is 13.2. The van der Waals surface area contributed by atoms with Gasteiger partial charge in [0.05, 0.1) is 4.47 Å². The molecule has 0 fully saturated rings. The van der Waals surface area contributed by atoms with Crippen LogP contribution in [-0.2, 0) is 6.54 Å². The van der Waals surface area contributed by atoms with Crippen LogP contribution >= 0.6 is 15.9 Å². The fourth-order valence-corrected chi connectivity index (χ4v) is 2.26. The summed E-state index contributed by atoms with van der Waals surface area (Å²) in [6.45, 7) is 0.485. The second kappa shape index (κ2) is 5.75. The Morgan fingerprint density at radius 2 is 1.81 bits per heavy atom. The summed E-state index contributed by atoms with van der Waals surface area (Å²) in [5.41, 5.74) is 8.08. The maximum Gasteiger partial charge on any atom is 0.258 e. The summed E-state index contributed by atoms with van der Waals surface area (Å²) in [7, 11) is 0. The monoisotopic (exact) mass is 347 g/mol. The first kappa shape index (κ1) is 13.9. The van der Waals surface area contributed by atoms with E-state index in [1.54, 1.807) is 12.1 Å². The summed E-state index contributed by atoms with van der Waals surface area (Å²) in [4.78, 5) is 4.32. The van der Waals surface area contributed by atoms with Crippen molar-refractivity contribution >= 4 is 15.9 Å². The fraction of sp³-hybridized carbons (Fsp3) is 0.0667. The first-order chi connectivity index (χ1) is 10.2. The molecular formula is C15H11BrFN3O. The zero-order chi connectivity index (χ0) is 14.8. The van der Waals surface area contributed by atoms with Crippen molar-refractivity contribution in [3.8, 4) is 22.8 Å². The molecule has 0 atom stereocenters. The second-order valence-corrected chi connectivity index (χ2v) is 5.31. The van der Waals surface area contributed by atoms with Crippen molar-refractivity contribution < 1.29 is 8.91 Å². The van der Waals surface area contributed by atoms with Crippen LogP contribution in [0.1, 0.15) is 5.56 Å². The minimum atomic E-state index is -0.333. The van der Waals surface area contributed by atoms with Gasteiger partial charge in [-0.05, 0) is 51.8 Å². The van der Waals surface area contributed by atoms with Gasteiger partial charge in [0.2, 0.25) is 5.82 Å². The average Bonchev–Trinajstić information content (AvgIpc) is 3.00. The van der Waals surface area contributed by atoms with Gasteiger partial charge in [0.25, 0.3) is 5.89 Å². The molecule has 0 aliphatic rings. The highest BCUT2D eigenvalue weighted by Crippen LogP contribution is 2.25. The molecule has 1 heterocycles. The van der Waals surface area contributed by atoms with Crippen LogP contribution in [-0.4, -0.2) is 10.1 Å². The zero-order valence-electron chi connectivity index (χ0n) is 10.9. The third-order valence-corrected chi connectivity index (χ3v) is 3.65. The van der Waals surface area contributed by atoms with Crippen LogP contribution < -0.4 is 5.73 Å². The highest BCUT2D eigenvalue weighted by atomic mass is 79.9. The highest BCUT2D eigenvalue weighted by molar-refractivity contribution is 9.10. The smallest absolute Gasteiger partial charge is 0.258 e. The topological polar surface area (TPSA) is 64.9 Å². The van der Waals surface area contributed by atoms with E-state index in [1.165, 1.54) is 6.07 Å². The van der Waals surface area contributed by atoms with E-state index in [0.29, 0.717) is 28.3 Å². The lowest BCUT2D eigenvalue weighted by molar-refractivity contribution is 0.432. The minimum Gasteiger partial charge on any atom is -0.334 e. The molecule has 106 valence electrons. The number of benzene rings is 2. The van der Waals surface area contributed by atoms with Crippen molar-refractivity contribution in [3.63, 3.8) is 0 Å². The van der Waals surface area contributed by atoms with Crippen molar-refractivity contribution in [2.75, 3.05) is 0 Å². The zero-order valence-corrected chi connectivity index (χ0v) is 12.5. The average molecular weight is 348 g/mol. The molecule has 21 heavy (non-hydrogen) atoms. The molecular weight excluding hydrogens is 337 g/mol. The Balaban J connectivity index is 1.93. The highest BCUT2D eigenvalue weighted by Gasteiger charge is 2.12. The molecule has 1 aromatic heterocycles. The third kappa shape index (κ3) is 2.86. The largest absolute Gasteiger partial charge is 0.334 e. The van der Waals surface area contributed by atoms with Crippen molar-refractivity contribution in [2.24, 2.45) is 5.73 Å². The fourth-order valence-electron chi connectivity index (χ4n) is 1.88. The lowest BCUT2D eigenvalue weighted by atomic mass is 10.1. The van der Waals surface area contributed by atoms with Crippen LogP contribution in [0.3, 0.4) is 0 Å². The number of aromatic nitrogens is 2. The van der Waals surface area contributed by atoms with Crippen LogP contribution in [0.2, 0.25) is 0 Å². The Morgan fingerprint density at radius 1 is 1.10 bits per heavy atom. The van der Waals surface area contributed by atoms with Gasteiger partial charge in [-0.3, -0.25) is 0 Å². The summed E-state index contributed by atoms with van der Waals surface area (Å²) in [5.74, 6) is 0.488. The van der Waals surface area contributed by atoms with E-state index >= 15 is 0 Å². The quantitative estimate of drug-likeness (QED) is 0.783. The molecule has 0 amide bonds. The van der Waals surface area contributed by atoms with Crippen LogP contribution in [0.4, 0.5) is 4.39 Å². The summed E-state index contributed by atoms with van der Waals surface area (Å²) in [5, 5.41) is 3.92. The van der Waals surface area contributed by atoms with E-state index in [0.717, 1.165) is 11.1 Å². The predicted molar refractivity (Wildman–Crippen MR) is 80.7 cm³/mol. The number of hydrogen-bond donors (Lipinski definition) is 1. The molecule has 3 rings (SSSR count). The summed E-state index contributed by atoms with van der Waals surface area (Å²) >= 11 is 3.14. The van der Waals surface area contributed by atoms with E-state index in [-0.39, 0.29) is 5.82 Å². The lowest BCUT2D eigenvalue weighted by Crippen LogP contribution is -1.95. The van der Waals surface area contributed by atoms with Crippen molar-refractivity contribution in [1.82, 2.24) is 10.1 Å². The van der Waals surface area contributed by atoms with E-state index in [2.05, 4.69) is 26.1 Å². The van der Waals surface area contributed by atoms with Crippen molar-refractivity contribution in [3.05, 3.63) is 58.3 Å². The van der Waals surface area contributed by atoms with Gasteiger partial charge in [0.1, 0.15) is 5.82 Å². The van der Waals surface area contributed by atoms with Gasteiger partial charge in [-0.15, -0.1) is 0 Å². The number of hydrogen-bond acceptors (Lipinski definition) is 4. The molecule has 0 saturated carbocycles. The molecule has 4 nitrogen and oxygen atoms in total. The molecule has 2 N–H and O–H groups in total. The first-order valence-corrected chi connectivity index (χ1v) is 7.05. The molecule has 0 aliphatic carbocycles. The molecule has 2 aromatic carbocycles. The number of nitrogens with zero attached hydrogens (tertiary/aromatic N) is 2. The van der Waals surface area contributed by atoms with E-state index in [1.807, 2.05) is 24.3 Å². The van der Waals surface area contributed by atoms with Crippen molar-refractivity contribution in [2.45, 2.75) is 6.54 Å². The molecule has 0 unspecified atom stereocenters. The van der Waals surface area contributed by atoms with Gasteiger partial charge in [0, 0.05) is 17.7 Å². The summed E-state index contributed by atoms with van der Waals surface area (Å²) in [6, 6.07) is 12.1. The van der Waals surface area contributed by atoms with Gasteiger partial charge in [-0.25, -0.2) is 4.39 Å². The van der Waals surface area contributed by atoms with Crippen LogP contribution in [0.5, 0.6) is 0 Å². The van der Waals surface area contributed by atoms with Gasteiger partial charge < -0.3 is 10.3 Å². The Bertz CT molecular complexity index is 771. The number of rotatable bonds is 3. The molecule has 0 spiro atoms. The standard InChI is InChI=1S/C15H11BrFN3O/c16-12-7-11(5-6-13(12)17)14-19-15(21-20-14)10-3-1-9(8-18)2-4-10/h1-7H,8,18H2. The van der Waals surface area contributed by atoms with E-state index in [4.69, 9.17) is 10.3 Å². The maximum atomic E-state index is 13.2. The SMILES string of the molecule is NCc1ccc(-c2nc(-c3ccc(F)c(Br)c3)no2)cc1. The third-order valence-electron chi connectivity index (χ3n) is 3.04. The molecule has 0 bridgehead atoms. The minimum absolute atomic E-state index is 0.333. The van der Waals surface area contributed by atoms with Gasteiger partial charge >= 0.3 is 0 Å². The molecule has 3 aromatic rings. The van der Waals surface area contributed by atoms with Crippen LogP contribution in [0.25, 0.3) is 22.8 Å². The molecule has 0 aliphatic heterocycles. The summed E-state index contributed by atoms with van der Waals surface area (Å²) in [6.07, 6.45) is 0. The van der Waals surface area contributed by atoms with Gasteiger partial charge in [0.15, 0.2) is 0 Å². The lowest BCUT2D eigenvalue weighted by Gasteiger charge is -1.98. The van der Waals surface area contributed by atoms with Crippen LogP contribution in [0.15, 0.2) is 51.5 Å². The Kier molecular flexibility index (Phi) is 3.81. The predicted octanol–water partition coefficient (Wildman–Crippen LogP) is 3.76. The van der Waals surface area contributed by atoms with Crippen molar-refractivity contribution in [1.29, 1.82) is 0 Å². The van der Waals surface area contributed by atoms with Crippen LogP contribution in [0, 0.1) is 5.82 Å². The number of nitrogens with two attached hydrogens (primary N) is 1.